The highest BCUT2D eigenvalue weighted by molar-refractivity contribution is 6.14. The quantitative estimate of drug-likeness (QED) is 0.529. The number of hydrogen-bond acceptors (Lipinski definition) is 4. The van der Waals surface area contributed by atoms with Crippen molar-refractivity contribution in [3.63, 3.8) is 0 Å². The maximum Gasteiger partial charge on any atom is 0.339 e. The molecule has 2 fully saturated rings. The van der Waals surface area contributed by atoms with E-state index in [9.17, 15) is 14.4 Å². The van der Waals surface area contributed by atoms with Crippen LogP contribution in [0.15, 0.2) is 54.6 Å². The average molecular weight is 420 g/mol. The third-order valence-corrected chi connectivity index (χ3v) is 6.49. The highest BCUT2D eigenvalue weighted by atomic mass is 16.5. The van der Waals surface area contributed by atoms with Crippen LogP contribution in [0.1, 0.15) is 66.3 Å². The molecular weight excluding hydrogens is 390 g/mol. The second-order valence-corrected chi connectivity index (χ2v) is 10.1. The van der Waals surface area contributed by atoms with Crippen LogP contribution < -0.4 is 0 Å². The first-order valence-corrected chi connectivity index (χ1v) is 10.8. The van der Waals surface area contributed by atoms with E-state index < -0.39 is 5.97 Å². The summed E-state index contributed by atoms with van der Waals surface area (Å²) in [4.78, 5) is 40.4. The molecule has 0 spiro atoms. The normalized spacial score (nSPS) is 24.0. The lowest BCUT2D eigenvalue weighted by atomic mass is 9.65. The first-order valence-electron chi connectivity index (χ1n) is 10.8. The number of rotatable bonds is 5. The molecule has 2 aromatic rings. The Morgan fingerprint density at radius 3 is 2.29 bits per heavy atom. The SMILES string of the molecule is CC1(C)C[C@@H]2C[C@@](C)(CN2C(=O)COC(=O)c2ccccc2C(=O)c2ccccc2)C1. The van der Waals surface area contributed by atoms with Gasteiger partial charge in [-0.2, -0.15) is 0 Å². The standard InChI is InChI=1S/C26H29NO4/c1-25(2)13-19-14-26(3,16-25)17-27(19)22(28)15-31-24(30)21-12-8-7-11-20(21)23(29)18-9-5-4-6-10-18/h4-12,19H,13-17H2,1-3H3/t19-,26-/m1/s1. The largest absolute Gasteiger partial charge is 0.452 e. The van der Waals surface area contributed by atoms with Crippen molar-refractivity contribution in [3.05, 3.63) is 71.3 Å². The summed E-state index contributed by atoms with van der Waals surface area (Å²) in [5, 5.41) is 0. The fourth-order valence-electron chi connectivity index (χ4n) is 5.64. The molecule has 162 valence electrons. The number of ether oxygens (including phenoxy) is 1. The van der Waals surface area contributed by atoms with Crippen LogP contribution in [0.25, 0.3) is 0 Å². The predicted molar refractivity (Wildman–Crippen MR) is 118 cm³/mol. The van der Waals surface area contributed by atoms with Gasteiger partial charge in [0.1, 0.15) is 0 Å². The summed E-state index contributed by atoms with van der Waals surface area (Å²) in [6, 6.07) is 15.6. The number of ketones is 1. The summed E-state index contributed by atoms with van der Waals surface area (Å²) in [5.74, 6) is -1.06. The molecule has 0 radical (unpaired) electrons. The summed E-state index contributed by atoms with van der Waals surface area (Å²) < 4.78 is 5.38. The number of esters is 1. The minimum atomic E-state index is -0.651. The van der Waals surface area contributed by atoms with Crippen LogP contribution in [0.5, 0.6) is 0 Å². The molecule has 5 nitrogen and oxygen atoms in total. The van der Waals surface area contributed by atoms with Gasteiger partial charge in [0.25, 0.3) is 5.91 Å². The molecule has 1 aliphatic heterocycles. The lowest BCUT2D eigenvalue weighted by Gasteiger charge is -2.39. The third kappa shape index (κ3) is 4.41. The summed E-state index contributed by atoms with van der Waals surface area (Å²) in [7, 11) is 0. The zero-order valence-electron chi connectivity index (χ0n) is 18.4. The number of nitrogens with zero attached hydrogens (tertiary/aromatic N) is 1. The monoisotopic (exact) mass is 419 g/mol. The van der Waals surface area contributed by atoms with Gasteiger partial charge in [0, 0.05) is 23.7 Å². The van der Waals surface area contributed by atoms with E-state index in [-0.39, 0.29) is 46.3 Å². The van der Waals surface area contributed by atoms with Gasteiger partial charge in [0.05, 0.1) is 5.56 Å². The molecule has 0 N–H and O–H groups in total. The highest BCUT2D eigenvalue weighted by Gasteiger charge is 2.50. The van der Waals surface area contributed by atoms with Crippen molar-refractivity contribution in [3.8, 4) is 0 Å². The van der Waals surface area contributed by atoms with Crippen molar-refractivity contribution in [1.29, 1.82) is 0 Å². The molecular formula is C26H29NO4. The Morgan fingerprint density at radius 2 is 1.58 bits per heavy atom. The maximum atomic E-state index is 12.9. The molecule has 2 bridgehead atoms. The van der Waals surface area contributed by atoms with E-state index in [0.29, 0.717) is 12.1 Å². The molecule has 1 aliphatic carbocycles. The van der Waals surface area contributed by atoms with E-state index in [2.05, 4.69) is 20.8 Å². The van der Waals surface area contributed by atoms with Crippen LogP contribution in [-0.2, 0) is 9.53 Å². The Morgan fingerprint density at radius 1 is 0.935 bits per heavy atom. The number of carbonyl (C=O) groups excluding carboxylic acids is 3. The first kappa shape index (κ1) is 21.3. The van der Waals surface area contributed by atoms with E-state index in [1.165, 1.54) is 0 Å². The van der Waals surface area contributed by atoms with Gasteiger partial charge in [0.15, 0.2) is 12.4 Å². The predicted octanol–water partition coefficient (Wildman–Crippen LogP) is 4.50. The van der Waals surface area contributed by atoms with Crippen LogP contribution >= 0.6 is 0 Å². The van der Waals surface area contributed by atoms with E-state index in [0.717, 1.165) is 19.3 Å². The summed E-state index contributed by atoms with van der Waals surface area (Å²) in [5.41, 5.74) is 1.29. The smallest absolute Gasteiger partial charge is 0.339 e. The van der Waals surface area contributed by atoms with E-state index in [1.807, 2.05) is 11.0 Å². The van der Waals surface area contributed by atoms with Crippen LogP contribution in [-0.4, -0.2) is 41.8 Å². The van der Waals surface area contributed by atoms with E-state index in [1.54, 1.807) is 48.5 Å². The van der Waals surface area contributed by atoms with Gasteiger partial charge in [-0.3, -0.25) is 9.59 Å². The van der Waals surface area contributed by atoms with E-state index in [4.69, 9.17) is 4.74 Å². The van der Waals surface area contributed by atoms with Gasteiger partial charge in [-0.25, -0.2) is 4.79 Å². The summed E-state index contributed by atoms with van der Waals surface area (Å²) in [6.45, 7) is 7.16. The number of carbonyl (C=O) groups is 3. The molecule has 2 aromatic carbocycles. The van der Waals surface area contributed by atoms with Crippen molar-refractivity contribution in [2.24, 2.45) is 10.8 Å². The molecule has 1 saturated heterocycles. The van der Waals surface area contributed by atoms with Crippen molar-refractivity contribution in [2.45, 2.75) is 46.1 Å². The number of likely N-dealkylation sites (tertiary alicyclic amines) is 1. The Hall–Kier alpha value is -2.95. The molecule has 2 atom stereocenters. The third-order valence-electron chi connectivity index (χ3n) is 6.49. The van der Waals surface area contributed by atoms with Gasteiger partial charge in [-0.05, 0) is 36.2 Å². The molecule has 31 heavy (non-hydrogen) atoms. The van der Waals surface area contributed by atoms with Gasteiger partial charge >= 0.3 is 5.97 Å². The highest BCUT2D eigenvalue weighted by Crippen LogP contribution is 2.52. The molecule has 4 rings (SSSR count). The first-order chi connectivity index (χ1) is 14.7. The lowest BCUT2D eigenvalue weighted by molar-refractivity contribution is -0.135. The van der Waals surface area contributed by atoms with Gasteiger partial charge in [-0.15, -0.1) is 0 Å². The van der Waals surface area contributed by atoms with Crippen LogP contribution in [0, 0.1) is 10.8 Å². The molecule has 2 aliphatic rings. The van der Waals surface area contributed by atoms with Crippen molar-refractivity contribution in [1.82, 2.24) is 4.90 Å². The molecule has 0 aromatic heterocycles. The second kappa shape index (κ2) is 7.95. The summed E-state index contributed by atoms with van der Waals surface area (Å²) in [6.07, 6.45) is 3.07. The zero-order valence-corrected chi connectivity index (χ0v) is 18.4. The molecule has 1 saturated carbocycles. The number of hydrogen-bond donors (Lipinski definition) is 0. The molecule has 1 amide bonds. The second-order valence-electron chi connectivity index (χ2n) is 10.1. The Kier molecular flexibility index (Phi) is 5.46. The molecule has 5 heteroatoms. The number of fused-ring (bicyclic) bond motifs is 2. The topological polar surface area (TPSA) is 63.7 Å². The van der Waals surface area contributed by atoms with Crippen molar-refractivity contribution < 1.29 is 19.1 Å². The Balaban J connectivity index is 1.44. The van der Waals surface area contributed by atoms with Gasteiger partial charge in [0.2, 0.25) is 0 Å². The number of benzene rings is 2. The lowest BCUT2D eigenvalue weighted by Crippen LogP contribution is -2.39. The minimum Gasteiger partial charge on any atom is -0.452 e. The maximum absolute atomic E-state index is 12.9. The van der Waals surface area contributed by atoms with Crippen LogP contribution in [0.2, 0.25) is 0 Å². The van der Waals surface area contributed by atoms with Crippen molar-refractivity contribution in [2.75, 3.05) is 13.2 Å². The van der Waals surface area contributed by atoms with Crippen LogP contribution in [0.4, 0.5) is 0 Å². The summed E-state index contributed by atoms with van der Waals surface area (Å²) >= 11 is 0. The van der Waals surface area contributed by atoms with E-state index >= 15 is 0 Å². The van der Waals surface area contributed by atoms with Gasteiger partial charge in [-0.1, -0.05) is 69.3 Å². The fourth-order valence-corrected chi connectivity index (χ4v) is 5.64. The average Bonchev–Trinajstić information content (AvgIpc) is 3.00. The fraction of sp³-hybridized carbons (Fsp3) is 0.423. The molecule has 1 heterocycles. The molecule has 0 unspecified atom stereocenters. The van der Waals surface area contributed by atoms with Gasteiger partial charge < -0.3 is 9.64 Å². The van der Waals surface area contributed by atoms with Crippen molar-refractivity contribution >= 4 is 17.7 Å². The number of amides is 1. The minimum absolute atomic E-state index is 0.126. The van der Waals surface area contributed by atoms with Crippen LogP contribution in [0.3, 0.4) is 0 Å². The Labute approximate surface area is 183 Å². The Bertz CT molecular complexity index is 1010. The zero-order chi connectivity index (χ0) is 22.2.